The first-order valence-electron chi connectivity index (χ1n) is 4.42. The van der Waals surface area contributed by atoms with Gasteiger partial charge in [-0.2, -0.15) is 0 Å². The zero-order valence-electron chi connectivity index (χ0n) is 8.10. The third-order valence-corrected chi connectivity index (χ3v) is 3.09. The summed E-state index contributed by atoms with van der Waals surface area (Å²) in [6.07, 6.45) is 0. The molecule has 0 fully saturated rings. The van der Waals surface area contributed by atoms with Gasteiger partial charge in [-0.25, -0.2) is 9.78 Å². The van der Waals surface area contributed by atoms with E-state index in [4.69, 9.17) is 5.11 Å². The second-order valence-electron chi connectivity index (χ2n) is 3.15. The lowest BCUT2D eigenvalue weighted by molar-refractivity contribution is 0.0697. The van der Waals surface area contributed by atoms with Crippen LogP contribution in [0.25, 0.3) is 10.4 Å². The molecule has 0 aliphatic carbocycles. The summed E-state index contributed by atoms with van der Waals surface area (Å²) in [6, 6.07) is 6.90. The van der Waals surface area contributed by atoms with E-state index in [1.807, 2.05) is 13.0 Å². The predicted molar refractivity (Wildman–Crippen MR) is 59.2 cm³/mol. The first kappa shape index (κ1) is 9.86. The molecule has 0 unspecified atom stereocenters. The van der Waals surface area contributed by atoms with E-state index in [1.54, 1.807) is 23.7 Å². The number of carboxylic acid groups (broad SMARTS) is 1. The molecule has 15 heavy (non-hydrogen) atoms. The lowest BCUT2D eigenvalue weighted by atomic mass is 10.1. The molecule has 1 N–H and O–H groups in total. The Morgan fingerprint density at radius 1 is 1.47 bits per heavy atom. The summed E-state index contributed by atoms with van der Waals surface area (Å²) < 4.78 is 0. The molecular formula is C11H9NO2S. The normalized spacial score (nSPS) is 10.2. The van der Waals surface area contributed by atoms with Gasteiger partial charge in [0.25, 0.3) is 0 Å². The minimum atomic E-state index is -0.904. The van der Waals surface area contributed by atoms with Gasteiger partial charge >= 0.3 is 5.97 Å². The van der Waals surface area contributed by atoms with E-state index in [0.717, 1.165) is 16.1 Å². The third kappa shape index (κ3) is 1.89. The quantitative estimate of drug-likeness (QED) is 0.844. The fourth-order valence-corrected chi connectivity index (χ4v) is 2.17. The van der Waals surface area contributed by atoms with Crippen molar-refractivity contribution in [1.29, 1.82) is 0 Å². The lowest BCUT2D eigenvalue weighted by Gasteiger charge is -2.00. The molecule has 1 aromatic carbocycles. The summed E-state index contributed by atoms with van der Waals surface area (Å²) in [7, 11) is 0. The summed E-state index contributed by atoms with van der Waals surface area (Å²) >= 11 is 1.52. The molecule has 0 bridgehead atoms. The van der Waals surface area contributed by atoms with E-state index in [1.165, 1.54) is 11.3 Å². The maximum absolute atomic E-state index is 10.8. The van der Waals surface area contributed by atoms with Crippen molar-refractivity contribution < 1.29 is 9.90 Å². The van der Waals surface area contributed by atoms with Gasteiger partial charge in [0.1, 0.15) is 0 Å². The number of hydrogen-bond acceptors (Lipinski definition) is 3. The molecule has 0 atom stereocenters. The van der Waals surface area contributed by atoms with Crippen LogP contribution in [0.2, 0.25) is 0 Å². The zero-order valence-corrected chi connectivity index (χ0v) is 8.91. The summed E-state index contributed by atoms with van der Waals surface area (Å²) in [5.74, 6) is -0.904. The van der Waals surface area contributed by atoms with Crippen molar-refractivity contribution in [3.63, 3.8) is 0 Å². The maximum atomic E-state index is 10.8. The first-order valence-corrected chi connectivity index (χ1v) is 5.30. The van der Waals surface area contributed by atoms with E-state index in [-0.39, 0.29) is 0 Å². The van der Waals surface area contributed by atoms with Gasteiger partial charge in [0, 0.05) is 0 Å². The maximum Gasteiger partial charge on any atom is 0.335 e. The van der Waals surface area contributed by atoms with Crippen LogP contribution in [0, 0.1) is 6.92 Å². The SMILES string of the molecule is Cc1ncsc1-c1cccc(C(=O)O)c1. The highest BCUT2D eigenvalue weighted by atomic mass is 32.1. The average Bonchev–Trinajstić information content (AvgIpc) is 2.64. The minimum absolute atomic E-state index is 0.306. The third-order valence-electron chi connectivity index (χ3n) is 2.12. The standard InChI is InChI=1S/C11H9NO2S/c1-7-10(15-6-12-7)8-3-2-4-9(5-8)11(13)14/h2-6H,1H3,(H,13,14). The van der Waals surface area contributed by atoms with Gasteiger partial charge in [-0.3, -0.25) is 0 Å². The molecule has 2 aromatic rings. The van der Waals surface area contributed by atoms with E-state index in [0.29, 0.717) is 5.56 Å². The molecule has 0 radical (unpaired) electrons. The van der Waals surface area contributed by atoms with Crippen LogP contribution < -0.4 is 0 Å². The molecular weight excluding hydrogens is 210 g/mol. The monoisotopic (exact) mass is 219 g/mol. The molecule has 3 nitrogen and oxygen atoms in total. The first-order chi connectivity index (χ1) is 7.18. The fourth-order valence-electron chi connectivity index (χ4n) is 1.37. The number of rotatable bonds is 2. The van der Waals surface area contributed by atoms with E-state index in [2.05, 4.69) is 4.98 Å². The highest BCUT2D eigenvalue weighted by Crippen LogP contribution is 2.27. The molecule has 76 valence electrons. The molecule has 4 heteroatoms. The van der Waals surface area contributed by atoms with E-state index in [9.17, 15) is 4.79 Å². The molecule has 1 heterocycles. The number of carboxylic acids is 1. The summed E-state index contributed by atoms with van der Waals surface area (Å²) in [6.45, 7) is 1.92. The van der Waals surface area contributed by atoms with Crippen LogP contribution >= 0.6 is 11.3 Å². The second-order valence-corrected chi connectivity index (χ2v) is 4.01. The van der Waals surface area contributed by atoms with Gasteiger partial charge in [0.15, 0.2) is 0 Å². The fraction of sp³-hybridized carbons (Fsp3) is 0.0909. The Hall–Kier alpha value is -1.68. The molecule has 1 aromatic heterocycles. The van der Waals surface area contributed by atoms with Crippen LogP contribution in [0.5, 0.6) is 0 Å². The molecule has 0 spiro atoms. The van der Waals surface area contributed by atoms with Crippen molar-refractivity contribution in [2.24, 2.45) is 0 Å². The van der Waals surface area contributed by atoms with Crippen LogP contribution in [0.4, 0.5) is 0 Å². The van der Waals surface area contributed by atoms with Gasteiger partial charge in [-0.15, -0.1) is 11.3 Å². The summed E-state index contributed by atoms with van der Waals surface area (Å²) in [5, 5.41) is 8.86. The molecule has 0 saturated heterocycles. The number of benzene rings is 1. The summed E-state index contributed by atoms with van der Waals surface area (Å²) in [4.78, 5) is 16.0. The highest BCUT2D eigenvalue weighted by molar-refractivity contribution is 7.13. The van der Waals surface area contributed by atoms with Crippen LogP contribution in [-0.2, 0) is 0 Å². The smallest absolute Gasteiger partial charge is 0.335 e. The molecule has 2 rings (SSSR count). The van der Waals surface area contributed by atoms with Crippen molar-refractivity contribution in [2.75, 3.05) is 0 Å². The molecule has 0 amide bonds. The van der Waals surface area contributed by atoms with Gasteiger partial charge in [0.2, 0.25) is 0 Å². The van der Waals surface area contributed by atoms with Crippen LogP contribution in [-0.4, -0.2) is 16.1 Å². The van der Waals surface area contributed by atoms with Crippen LogP contribution in [0.3, 0.4) is 0 Å². The van der Waals surface area contributed by atoms with Crippen molar-refractivity contribution in [2.45, 2.75) is 6.92 Å². The molecule has 0 aliphatic rings. The van der Waals surface area contributed by atoms with Crippen molar-refractivity contribution in [1.82, 2.24) is 4.98 Å². The Kier molecular flexibility index (Phi) is 2.51. The van der Waals surface area contributed by atoms with Crippen molar-refractivity contribution in [3.05, 3.63) is 41.0 Å². The van der Waals surface area contributed by atoms with Crippen molar-refractivity contribution >= 4 is 17.3 Å². The number of aromatic carboxylic acids is 1. The Morgan fingerprint density at radius 2 is 2.27 bits per heavy atom. The number of hydrogen-bond donors (Lipinski definition) is 1. The summed E-state index contributed by atoms with van der Waals surface area (Å²) in [5.41, 5.74) is 3.91. The largest absolute Gasteiger partial charge is 0.478 e. The van der Waals surface area contributed by atoms with Gasteiger partial charge < -0.3 is 5.11 Å². The Labute approximate surface area is 91.0 Å². The number of aryl methyl sites for hydroxylation is 1. The predicted octanol–water partition coefficient (Wildman–Crippen LogP) is 2.82. The Morgan fingerprint density at radius 3 is 2.87 bits per heavy atom. The van der Waals surface area contributed by atoms with Gasteiger partial charge in [-0.05, 0) is 24.6 Å². The van der Waals surface area contributed by atoms with E-state index < -0.39 is 5.97 Å². The van der Waals surface area contributed by atoms with Crippen LogP contribution in [0.15, 0.2) is 29.8 Å². The van der Waals surface area contributed by atoms with Gasteiger partial charge in [-0.1, -0.05) is 12.1 Å². The number of nitrogens with zero attached hydrogens (tertiary/aromatic N) is 1. The Balaban J connectivity index is 2.50. The minimum Gasteiger partial charge on any atom is -0.478 e. The highest BCUT2D eigenvalue weighted by Gasteiger charge is 2.07. The second kappa shape index (κ2) is 3.82. The van der Waals surface area contributed by atoms with Crippen LogP contribution in [0.1, 0.15) is 16.1 Å². The van der Waals surface area contributed by atoms with Crippen molar-refractivity contribution in [3.8, 4) is 10.4 Å². The number of aromatic nitrogens is 1. The van der Waals surface area contributed by atoms with Gasteiger partial charge in [0.05, 0.1) is 21.6 Å². The van der Waals surface area contributed by atoms with E-state index >= 15 is 0 Å². The lowest BCUT2D eigenvalue weighted by Crippen LogP contribution is -1.95. The molecule has 0 aliphatic heterocycles. The molecule has 0 saturated carbocycles. The topological polar surface area (TPSA) is 50.2 Å². The Bertz CT molecular complexity index is 505. The average molecular weight is 219 g/mol. The number of carbonyl (C=O) groups is 1. The number of thiazole rings is 1. The zero-order chi connectivity index (χ0) is 10.8.